The molecular formula is C18H30N2O4S. The summed E-state index contributed by atoms with van der Waals surface area (Å²) in [6.07, 6.45) is 1.49. The number of hydrogen-bond donors (Lipinski definition) is 1. The summed E-state index contributed by atoms with van der Waals surface area (Å²) in [5, 5.41) is 2.91. The molecule has 1 aromatic rings. The van der Waals surface area contributed by atoms with Gasteiger partial charge in [-0.05, 0) is 50.5 Å². The number of nitrogens with one attached hydrogen (secondary N) is 1. The molecule has 0 spiro atoms. The number of sulfonamides is 1. The maximum Gasteiger partial charge on any atom is 0.244 e. The topological polar surface area (TPSA) is 75.7 Å². The molecule has 0 bridgehead atoms. The minimum Gasteiger partial charge on any atom is -0.494 e. The Balaban J connectivity index is 3.17. The number of rotatable bonds is 9. The first kappa shape index (κ1) is 21.3. The van der Waals surface area contributed by atoms with E-state index in [1.807, 2.05) is 27.7 Å². The van der Waals surface area contributed by atoms with Gasteiger partial charge in [-0.25, -0.2) is 8.42 Å². The zero-order valence-electron chi connectivity index (χ0n) is 15.9. The largest absolute Gasteiger partial charge is 0.494 e. The van der Waals surface area contributed by atoms with E-state index >= 15 is 0 Å². The summed E-state index contributed by atoms with van der Waals surface area (Å²) in [6.45, 7) is 10.1. The predicted molar refractivity (Wildman–Crippen MR) is 101 cm³/mol. The molecule has 1 rings (SSSR count). The molecule has 1 amide bonds. The summed E-state index contributed by atoms with van der Waals surface area (Å²) in [6, 6.07) is 5.90. The Bertz CT molecular complexity index is 656. The number of carbonyl (C=O) groups excluding carboxylic acids is 1. The van der Waals surface area contributed by atoms with E-state index in [-0.39, 0.29) is 17.9 Å². The van der Waals surface area contributed by atoms with Gasteiger partial charge in [-0.1, -0.05) is 20.8 Å². The Hall–Kier alpha value is -1.76. The lowest BCUT2D eigenvalue weighted by Gasteiger charge is -2.31. The van der Waals surface area contributed by atoms with Crippen molar-refractivity contribution in [2.75, 3.05) is 17.2 Å². The number of anilines is 1. The van der Waals surface area contributed by atoms with Gasteiger partial charge in [0.15, 0.2) is 0 Å². The molecule has 1 aromatic carbocycles. The molecule has 0 aliphatic carbocycles. The van der Waals surface area contributed by atoms with Crippen molar-refractivity contribution in [1.82, 2.24) is 5.32 Å². The van der Waals surface area contributed by atoms with Crippen molar-refractivity contribution in [2.24, 2.45) is 5.92 Å². The monoisotopic (exact) mass is 370 g/mol. The molecular weight excluding hydrogens is 340 g/mol. The molecule has 0 aromatic heterocycles. The number of ether oxygens (including phenoxy) is 1. The standard InChI is InChI=1S/C18H30N2O4S/c1-7-17(18(21)19-14(5)13(3)4)20(25(6,22)23)15-9-11-16(12-10-15)24-8-2/h9-14,17H,7-8H2,1-6H3,(H,19,21)/t14-,17+/m0/s1. The van der Waals surface area contributed by atoms with Gasteiger partial charge in [0.05, 0.1) is 18.6 Å². The van der Waals surface area contributed by atoms with Crippen LogP contribution in [-0.4, -0.2) is 39.3 Å². The van der Waals surface area contributed by atoms with Crippen LogP contribution in [0.25, 0.3) is 0 Å². The molecule has 6 nitrogen and oxygen atoms in total. The molecule has 0 radical (unpaired) electrons. The van der Waals surface area contributed by atoms with Crippen molar-refractivity contribution < 1.29 is 17.9 Å². The molecule has 0 saturated carbocycles. The Kier molecular flexibility index (Phi) is 7.73. The van der Waals surface area contributed by atoms with Crippen LogP contribution in [0.15, 0.2) is 24.3 Å². The van der Waals surface area contributed by atoms with Crippen molar-refractivity contribution in [1.29, 1.82) is 0 Å². The van der Waals surface area contributed by atoms with Crippen LogP contribution in [0, 0.1) is 5.92 Å². The van der Waals surface area contributed by atoms with Crippen LogP contribution >= 0.6 is 0 Å². The molecule has 142 valence electrons. The summed E-state index contributed by atoms with van der Waals surface area (Å²) in [7, 11) is -3.62. The molecule has 0 saturated heterocycles. The van der Waals surface area contributed by atoms with Gasteiger partial charge in [0.2, 0.25) is 15.9 Å². The Morgan fingerprint density at radius 2 is 1.72 bits per heavy atom. The number of hydrogen-bond acceptors (Lipinski definition) is 4. The van der Waals surface area contributed by atoms with E-state index in [0.29, 0.717) is 24.5 Å². The Morgan fingerprint density at radius 1 is 1.16 bits per heavy atom. The highest BCUT2D eigenvalue weighted by molar-refractivity contribution is 7.92. The Morgan fingerprint density at radius 3 is 2.12 bits per heavy atom. The highest BCUT2D eigenvalue weighted by Crippen LogP contribution is 2.25. The smallest absolute Gasteiger partial charge is 0.244 e. The fourth-order valence-corrected chi connectivity index (χ4v) is 3.62. The molecule has 7 heteroatoms. The minimum atomic E-state index is -3.62. The van der Waals surface area contributed by atoms with Crippen molar-refractivity contribution >= 4 is 21.6 Å². The molecule has 0 fully saturated rings. The van der Waals surface area contributed by atoms with E-state index in [4.69, 9.17) is 4.74 Å². The molecule has 2 atom stereocenters. The van der Waals surface area contributed by atoms with E-state index in [0.717, 1.165) is 6.26 Å². The second kappa shape index (κ2) is 9.08. The molecule has 0 aliphatic heterocycles. The van der Waals surface area contributed by atoms with Crippen molar-refractivity contribution in [3.05, 3.63) is 24.3 Å². The van der Waals surface area contributed by atoms with Crippen molar-refractivity contribution in [3.63, 3.8) is 0 Å². The predicted octanol–water partition coefficient (Wildman–Crippen LogP) is 2.79. The summed E-state index contributed by atoms with van der Waals surface area (Å²) >= 11 is 0. The van der Waals surface area contributed by atoms with Crippen LogP contribution in [-0.2, 0) is 14.8 Å². The Labute approximate surface area is 151 Å². The lowest BCUT2D eigenvalue weighted by Crippen LogP contribution is -2.51. The summed E-state index contributed by atoms with van der Waals surface area (Å²) in [4.78, 5) is 12.7. The average Bonchev–Trinajstić information content (AvgIpc) is 2.52. The van der Waals surface area contributed by atoms with Gasteiger partial charge < -0.3 is 10.1 Å². The van der Waals surface area contributed by atoms with Crippen LogP contribution in [0.3, 0.4) is 0 Å². The van der Waals surface area contributed by atoms with E-state index < -0.39 is 16.1 Å². The third kappa shape index (κ3) is 5.92. The first-order chi connectivity index (χ1) is 11.6. The number of amides is 1. The zero-order valence-corrected chi connectivity index (χ0v) is 16.8. The van der Waals surface area contributed by atoms with Gasteiger partial charge in [-0.3, -0.25) is 9.10 Å². The number of benzene rings is 1. The maximum atomic E-state index is 12.7. The number of nitrogens with zero attached hydrogens (tertiary/aromatic N) is 1. The van der Waals surface area contributed by atoms with Crippen molar-refractivity contribution in [2.45, 2.75) is 53.1 Å². The molecule has 25 heavy (non-hydrogen) atoms. The van der Waals surface area contributed by atoms with Gasteiger partial charge >= 0.3 is 0 Å². The van der Waals surface area contributed by atoms with E-state index in [1.54, 1.807) is 31.2 Å². The van der Waals surface area contributed by atoms with E-state index in [2.05, 4.69) is 5.32 Å². The molecule has 0 unspecified atom stereocenters. The van der Waals surface area contributed by atoms with Crippen molar-refractivity contribution in [3.8, 4) is 5.75 Å². The van der Waals surface area contributed by atoms with Crippen LogP contribution in [0.5, 0.6) is 5.75 Å². The SMILES string of the molecule is CCOc1ccc(N([C@H](CC)C(=O)N[C@@H](C)C(C)C)S(C)(=O)=O)cc1. The lowest BCUT2D eigenvalue weighted by molar-refractivity contribution is -0.123. The third-order valence-corrected chi connectivity index (χ3v) is 5.28. The average molecular weight is 371 g/mol. The van der Waals surface area contributed by atoms with Crippen LogP contribution in [0.4, 0.5) is 5.69 Å². The maximum absolute atomic E-state index is 12.7. The molecule has 1 N–H and O–H groups in total. The first-order valence-electron chi connectivity index (χ1n) is 8.64. The van der Waals surface area contributed by atoms with Gasteiger partial charge in [0, 0.05) is 6.04 Å². The van der Waals surface area contributed by atoms with Gasteiger partial charge in [0.1, 0.15) is 11.8 Å². The quantitative estimate of drug-likeness (QED) is 0.725. The van der Waals surface area contributed by atoms with Crippen LogP contribution < -0.4 is 14.4 Å². The lowest BCUT2D eigenvalue weighted by atomic mass is 10.1. The van der Waals surface area contributed by atoms with Crippen LogP contribution in [0.1, 0.15) is 41.0 Å². The fourth-order valence-electron chi connectivity index (χ4n) is 2.40. The van der Waals surface area contributed by atoms with E-state index in [9.17, 15) is 13.2 Å². The summed E-state index contributed by atoms with van der Waals surface area (Å²) in [5.41, 5.74) is 0.449. The van der Waals surface area contributed by atoms with Gasteiger partial charge in [0.25, 0.3) is 0 Å². The second-order valence-electron chi connectivity index (χ2n) is 6.45. The van der Waals surface area contributed by atoms with Gasteiger partial charge in [-0.15, -0.1) is 0 Å². The van der Waals surface area contributed by atoms with Gasteiger partial charge in [-0.2, -0.15) is 0 Å². The molecule has 0 heterocycles. The molecule has 0 aliphatic rings. The third-order valence-electron chi connectivity index (χ3n) is 4.10. The second-order valence-corrected chi connectivity index (χ2v) is 8.31. The zero-order chi connectivity index (χ0) is 19.2. The van der Waals surface area contributed by atoms with E-state index in [1.165, 1.54) is 4.31 Å². The number of carbonyl (C=O) groups is 1. The highest BCUT2D eigenvalue weighted by atomic mass is 32.2. The highest BCUT2D eigenvalue weighted by Gasteiger charge is 2.32. The normalized spacial score (nSPS) is 14.0. The van der Waals surface area contributed by atoms with Crippen LogP contribution in [0.2, 0.25) is 0 Å². The minimum absolute atomic E-state index is 0.0386. The first-order valence-corrected chi connectivity index (χ1v) is 10.5. The summed E-state index contributed by atoms with van der Waals surface area (Å²) in [5.74, 6) is 0.632. The fraction of sp³-hybridized carbons (Fsp3) is 0.611. The summed E-state index contributed by atoms with van der Waals surface area (Å²) < 4.78 is 31.3.